The Hall–Kier alpha value is -2.63. The lowest BCUT2D eigenvalue weighted by atomic mass is 10.0. The van der Waals surface area contributed by atoms with Crippen LogP contribution in [0.15, 0.2) is 48.6 Å². The molecule has 0 spiro atoms. The highest BCUT2D eigenvalue weighted by molar-refractivity contribution is 5.71. The van der Waals surface area contributed by atoms with Gasteiger partial charge in [-0.2, -0.15) is 0 Å². The summed E-state index contributed by atoms with van der Waals surface area (Å²) in [5.41, 5.74) is 0. The first-order valence-corrected chi connectivity index (χ1v) is 35.1. The number of unbranched alkanes of at least 4 members (excludes halogenated alkanes) is 46. The smallest absolute Gasteiger partial charge is 0.306 e. The summed E-state index contributed by atoms with van der Waals surface area (Å²) in [4.78, 5) is 38.4. The van der Waals surface area contributed by atoms with Crippen molar-refractivity contribution in [1.82, 2.24) is 0 Å². The first-order valence-electron chi connectivity index (χ1n) is 35.1. The predicted molar refractivity (Wildman–Crippen MR) is 344 cm³/mol. The molecule has 6 heteroatoms. The molecule has 0 fully saturated rings. The van der Waals surface area contributed by atoms with E-state index >= 15 is 0 Å². The minimum atomic E-state index is -0.779. The standard InChI is InChI=1S/C73H134O6/c1-4-7-10-13-16-19-22-25-28-30-32-33-34-35-36-37-38-39-41-42-45-48-51-54-57-60-63-66-72(75)78-69-70(68-77-71(74)65-62-59-56-53-50-47-44-27-24-21-18-15-12-9-6-3)79-73(76)67-64-61-58-55-52-49-46-43-40-31-29-26-23-20-17-14-11-8-5-2/h8,11,17,20,26,29,40,43,70H,4-7,9-10,12-16,18-19,21-25,27-28,30-39,41-42,44-69H2,1-3H3/b11-8-,20-17-,29-26-,43-40-. The van der Waals surface area contributed by atoms with Gasteiger partial charge in [0.15, 0.2) is 6.10 Å². The highest BCUT2D eigenvalue weighted by Crippen LogP contribution is 2.19. The van der Waals surface area contributed by atoms with Gasteiger partial charge in [-0.3, -0.25) is 14.4 Å². The summed E-state index contributed by atoms with van der Waals surface area (Å²) >= 11 is 0. The van der Waals surface area contributed by atoms with Gasteiger partial charge in [-0.05, 0) is 57.8 Å². The second kappa shape index (κ2) is 67.9. The average Bonchev–Trinajstić information content (AvgIpc) is 3.45. The molecule has 6 nitrogen and oxygen atoms in total. The summed E-state index contributed by atoms with van der Waals surface area (Å²) < 4.78 is 17.0. The summed E-state index contributed by atoms with van der Waals surface area (Å²) in [5.74, 6) is -0.860. The van der Waals surface area contributed by atoms with Crippen LogP contribution in [0.4, 0.5) is 0 Å². The monoisotopic (exact) mass is 1110 g/mol. The second-order valence-corrected chi connectivity index (χ2v) is 23.8. The van der Waals surface area contributed by atoms with Gasteiger partial charge in [-0.25, -0.2) is 0 Å². The normalized spacial score (nSPS) is 12.3. The van der Waals surface area contributed by atoms with E-state index in [1.54, 1.807) is 0 Å². The average molecular weight is 1110 g/mol. The number of hydrogen-bond acceptors (Lipinski definition) is 6. The first-order chi connectivity index (χ1) is 39.0. The molecule has 0 aliphatic rings. The minimum Gasteiger partial charge on any atom is -0.462 e. The molecule has 0 aromatic rings. The summed E-state index contributed by atoms with van der Waals surface area (Å²) in [5, 5.41) is 0. The zero-order valence-electron chi connectivity index (χ0n) is 53.2. The highest BCUT2D eigenvalue weighted by atomic mass is 16.6. The maximum absolute atomic E-state index is 12.9. The van der Waals surface area contributed by atoms with Crippen LogP contribution in [0.2, 0.25) is 0 Å². The largest absolute Gasteiger partial charge is 0.462 e. The zero-order chi connectivity index (χ0) is 57.1. The summed E-state index contributed by atoms with van der Waals surface area (Å²) in [6, 6.07) is 0. The van der Waals surface area contributed by atoms with Crippen LogP contribution >= 0.6 is 0 Å². The summed E-state index contributed by atoms with van der Waals surface area (Å²) in [6.07, 6.45) is 85.7. The molecule has 0 aliphatic heterocycles. The number of carbonyl (C=O) groups excluding carboxylic acids is 3. The molecule has 0 saturated carbocycles. The Morgan fingerprint density at radius 1 is 0.266 bits per heavy atom. The number of hydrogen-bond donors (Lipinski definition) is 0. The van der Waals surface area contributed by atoms with Crippen LogP contribution in [0.3, 0.4) is 0 Å². The Bertz CT molecular complexity index is 1360. The third kappa shape index (κ3) is 66.1. The Morgan fingerprint density at radius 2 is 0.494 bits per heavy atom. The summed E-state index contributed by atoms with van der Waals surface area (Å²) in [6.45, 7) is 6.59. The van der Waals surface area contributed by atoms with E-state index in [4.69, 9.17) is 14.2 Å². The van der Waals surface area contributed by atoms with Crippen LogP contribution in [-0.2, 0) is 28.6 Å². The van der Waals surface area contributed by atoms with Crippen LogP contribution < -0.4 is 0 Å². The molecule has 462 valence electrons. The van der Waals surface area contributed by atoms with Gasteiger partial charge in [0.25, 0.3) is 0 Å². The quantitative estimate of drug-likeness (QED) is 0.0261. The van der Waals surface area contributed by atoms with E-state index in [-0.39, 0.29) is 31.1 Å². The van der Waals surface area contributed by atoms with Crippen LogP contribution in [0.5, 0.6) is 0 Å². The predicted octanol–water partition coefficient (Wildman–Crippen LogP) is 24.1. The van der Waals surface area contributed by atoms with Crippen molar-refractivity contribution in [2.24, 2.45) is 0 Å². The number of rotatable bonds is 65. The maximum Gasteiger partial charge on any atom is 0.306 e. The fraction of sp³-hybridized carbons (Fsp3) is 0.849. The van der Waals surface area contributed by atoms with Crippen molar-refractivity contribution in [2.45, 2.75) is 386 Å². The molecule has 0 heterocycles. The molecule has 1 unspecified atom stereocenters. The molecule has 0 radical (unpaired) electrons. The SMILES string of the molecule is CC/C=C\C/C=C\C/C=C\C/C=C\CCCCCCCCC(=O)OC(COC(=O)CCCCCCCCCCCCCCCCC)COC(=O)CCCCCCCCCCCCCCCCCCCCCCCCCCCCC. The summed E-state index contributed by atoms with van der Waals surface area (Å²) in [7, 11) is 0. The number of ether oxygens (including phenoxy) is 3. The number of esters is 3. The lowest BCUT2D eigenvalue weighted by Crippen LogP contribution is -2.30. The molecule has 0 aromatic heterocycles. The molecule has 79 heavy (non-hydrogen) atoms. The second-order valence-electron chi connectivity index (χ2n) is 23.8. The fourth-order valence-corrected chi connectivity index (χ4v) is 10.6. The highest BCUT2D eigenvalue weighted by Gasteiger charge is 2.19. The third-order valence-corrected chi connectivity index (χ3v) is 15.8. The molecular formula is C73H134O6. The first kappa shape index (κ1) is 76.4. The minimum absolute atomic E-state index is 0.0738. The molecule has 0 aromatic carbocycles. The third-order valence-electron chi connectivity index (χ3n) is 15.8. The molecule has 0 aliphatic carbocycles. The van der Waals surface area contributed by atoms with Crippen molar-refractivity contribution in [3.63, 3.8) is 0 Å². The van der Waals surface area contributed by atoms with E-state index in [9.17, 15) is 14.4 Å². The fourth-order valence-electron chi connectivity index (χ4n) is 10.6. The lowest BCUT2D eigenvalue weighted by Gasteiger charge is -2.18. The van der Waals surface area contributed by atoms with Gasteiger partial charge in [0.05, 0.1) is 0 Å². The topological polar surface area (TPSA) is 78.9 Å². The van der Waals surface area contributed by atoms with Gasteiger partial charge in [-0.15, -0.1) is 0 Å². The Balaban J connectivity index is 4.25. The zero-order valence-corrected chi connectivity index (χ0v) is 53.2. The van der Waals surface area contributed by atoms with Gasteiger partial charge < -0.3 is 14.2 Å². The lowest BCUT2D eigenvalue weighted by molar-refractivity contribution is -0.167. The van der Waals surface area contributed by atoms with Crippen molar-refractivity contribution in [2.75, 3.05) is 13.2 Å². The molecule has 0 saturated heterocycles. The Morgan fingerprint density at radius 3 is 0.772 bits per heavy atom. The van der Waals surface area contributed by atoms with Crippen molar-refractivity contribution in [3.05, 3.63) is 48.6 Å². The van der Waals surface area contributed by atoms with Crippen molar-refractivity contribution in [1.29, 1.82) is 0 Å². The van der Waals surface area contributed by atoms with Crippen molar-refractivity contribution >= 4 is 17.9 Å². The number of carbonyl (C=O) groups is 3. The van der Waals surface area contributed by atoms with Crippen LogP contribution in [0.25, 0.3) is 0 Å². The van der Waals surface area contributed by atoms with Gasteiger partial charge in [-0.1, -0.05) is 352 Å². The van der Waals surface area contributed by atoms with E-state index in [2.05, 4.69) is 69.4 Å². The van der Waals surface area contributed by atoms with E-state index in [1.807, 2.05) is 0 Å². The molecule has 1 atom stereocenters. The van der Waals surface area contributed by atoms with E-state index < -0.39 is 6.10 Å². The van der Waals surface area contributed by atoms with Crippen molar-refractivity contribution < 1.29 is 28.6 Å². The van der Waals surface area contributed by atoms with Gasteiger partial charge in [0.2, 0.25) is 0 Å². The van der Waals surface area contributed by atoms with Gasteiger partial charge in [0.1, 0.15) is 13.2 Å². The van der Waals surface area contributed by atoms with Crippen LogP contribution in [0.1, 0.15) is 380 Å². The maximum atomic E-state index is 12.9. The van der Waals surface area contributed by atoms with Gasteiger partial charge in [0, 0.05) is 19.3 Å². The Kier molecular flexibility index (Phi) is 65.6. The Labute approximate surface area is 492 Å². The molecule has 0 N–H and O–H groups in total. The van der Waals surface area contributed by atoms with E-state index in [1.165, 1.54) is 244 Å². The molecule has 0 amide bonds. The van der Waals surface area contributed by atoms with E-state index in [0.29, 0.717) is 19.3 Å². The van der Waals surface area contributed by atoms with Crippen molar-refractivity contribution in [3.8, 4) is 0 Å². The van der Waals surface area contributed by atoms with Crippen LogP contribution in [-0.4, -0.2) is 37.2 Å². The van der Waals surface area contributed by atoms with Gasteiger partial charge >= 0.3 is 17.9 Å². The number of allylic oxidation sites excluding steroid dienone is 8. The van der Waals surface area contributed by atoms with Crippen LogP contribution in [0, 0.1) is 0 Å². The molecule has 0 rings (SSSR count). The molecule has 0 bridgehead atoms. The van der Waals surface area contributed by atoms with E-state index in [0.717, 1.165) is 96.3 Å². The molecular weight excluding hydrogens is 973 g/mol.